The highest BCUT2D eigenvalue weighted by Gasteiger charge is 2.31. The van der Waals surface area contributed by atoms with Crippen molar-refractivity contribution in [3.05, 3.63) is 36.7 Å². The first-order chi connectivity index (χ1) is 13.7. The van der Waals surface area contributed by atoms with Crippen LogP contribution < -0.4 is 14.8 Å². The Morgan fingerprint density at radius 2 is 2.25 bits per heavy atom. The van der Waals surface area contributed by atoms with E-state index in [0.29, 0.717) is 37.6 Å². The van der Waals surface area contributed by atoms with E-state index in [1.807, 2.05) is 29.3 Å². The lowest BCUT2D eigenvalue weighted by atomic mass is 10.1. The summed E-state index contributed by atoms with van der Waals surface area (Å²) in [6, 6.07) is 7.83. The van der Waals surface area contributed by atoms with E-state index in [9.17, 15) is 4.79 Å². The lowest BCUT2D eigenvalue weighted by Crippen LogP contribution is -2.40. The van der Waals surface area contributed by atoms with Crippen LogP contribution in [-0.2, 0) is 4.79 Å². The molecule has 2 aromatic heterocycles. The molecule has 28 heavy (non-hydrogen) atoms. The summed E-state index contributed by atoms with van der Waals surface area (Å²) in [5.74, 6) is 1.45. The zero-order chi connectivity index (χ0) is 19.1. The zero-order valence-corrected chi connectivity index (χ0v) is 15.6. The quantitative estimate of drug-likeness (QED) is 0.698. The number of benzene rings is 1. The number of hydrogen-bond acceptors (Lipinski definition) is 6. The van der Waals surface area contributed by atoms with Gasteiger partial charge in [-0.05, 0) is 24.1 Å². The number of methoxy groups -OCH3 is 1. The molecule has 8 nitrogen and oxygen atoms in total. The Kier molecular flexibility index (Phi) is 4.03. The fourth-order valence-corrected chi connectivity index (χ4v) is 3.89. The molecule has 1 fully saturated rings. The van der Waals surface area contributed by atoms with Gasteiger partial charge in [0, 0.05) is 49.1 Å². The molecule has 1 amide bonds. The lowest BCUT2D eigenvalue weighted by Gasteiger charge is -2.25. The Hall–Kier alpha value is -3.29. The van der Waals surface area contributed by atoms with Crippen molar-refractivity contribution in [3.63, 3.8) is 0 Å². The van der Waals surface area contributed by atoms with E-state index < -0.39 is 0 Å². The van der Waals surface area contributed by atoms with Crippen LogP contribution in [0.4, 0.5) is 5.69 Å². The summed E-state index contributed by atoms with van der Waals surface area (Å²) >= 11 is 0. The summed E-state index contributed by atoms with van der Waals surface area (Å²) in [4.78, 5) is 18.8. The van der Waals surface area contributed by atoms with Crippen LogP contribution >= 0.6 is 0 Å². The van der Waals surface area contributed by atoms with Crippen molar-refractivity contribution in [2.75, 3.05) is 32.1 Å². The second-order valence-corrected chi connectivity index (χ2v) is 7.06. The molecule has 0 spiro atoms. The first-order valence-corrected chi connectivity index (χ1v) is 9.41. The highest BCUT2D eigenvalue weighted by Crippen LogP contribution is 2.31. The van der Waals surface area contributed by atoms with Crippen molar-refractivity contribution in [1.82, 2.24) is 19.5 Å². The van der Waals surface area contributed by atoms with Gasteiger partial charge in [-0.3, -0.25) is 4.79 Å². The number of aromatic nitrogens is 3. The fourth-order valence-electron chi connectivity index (χ4n) is 3.89. The number of nitrogens with one attached hydrogen (secondary N) is 1. The monoisotopic (exact) mass is 379 g/mol. The van der Waals surface area contributed by atoms with E-state index in [1.165, 1.54) is 0 Å². The molecule has 1 atom stereocenters. The zero-order valence-electron chi connectivity index (χ0n) is 15.6. The maximum absolute atomic E-state index is 12.3. The molecule has 5 rings (SSSR count). The van der Waals surface area contributed by atoms with Gasteiger partial charge in [0.25, 0.3) is 0 Å². The van der Waals surface area contributed by atoms with Crippen LogP contribution in [0.5, 0.6) is 11.6 Å². The molecular weight excluding hydrogens is 358 g/mol. The average Bonchev–Trinajstić information content (AvgIpc) is 3.29. The Labute approximate surface area is 162 Å². The number of hydrogen-bond donors (Lipinski definition) is 1. The number of ether oxygens (including phenoxy) is 2. The number of carbonyl (C=O) groups excluding carboxylic acids is 1. The van der Waals surface area contributed by atoms with Crippen molar-refractivity contribution >= 4 is 17.2 Å². The number of amides is 1. The van der Waals surface area contributed by atoms with E-state index >= 15 is 0 Å². The fraction of sp³-hybridized carbons (Fsp3) is 0.350. The molecule has 0 aliphatic carbocycles. The molecule has 2 aliphatic rings. The predicted molar refractivity (Wildman–Crippen MR) is 104 cm³/mol. The normalized spacial score (nSPS) is 19.1. The van der Waals surface area contributed by atoms with Crippen LogP contribution in [-0.4, -0.2) is 58.3 Å². The van der Waals surface area contributed by atoms with E-state index in [2.05, 4.69) is 15.4 Å². The lowest BCUT2D eigenvalue weighted by molar-refractivity contribution is -0.129. The van der Waals surface area contributed by atoms with Crippen molar-refractivity contribution in [2.24, 2.45) is 0 Å². The van der Waals surface area contributed by atoms with Gasteiger partial charge in [-0.15, -0.1) is 0 Å². The molecule has 3 aromatic rings. The number of anilines is 1. The van der Waals surface area contributed by atoms with Gasteiger partial charge in [-0.1, -0.05) is 0 Å². The average molecular weight is 379 g/mol. The number of nitrogens with zero attached hydrogens (tertiary/aromatic N) is 4. The molecular formula is C20H21N5O3. The van der Waals surface area contributed by atoms with Crippen LogP contribution in [0.15, 0.2) is 36.7 Å². The van der Waals surface area contributed by atoms with Gasteiger partial charge >= 0.3 is 0 Å². The topological polar surface area (TPSA) is 81.0 Å². The molecule has 144 valence electrons. The Balaban J connectivity index is 1.62. The first kappa shape index (κ1) is 16.9. The third kappa shape index (κ3) is 2.90. The molecule has 1 aromatic carbocycles. The summed E-state index contributed by atoms with van der Waals surface area (Å²) in [5.41, 5.74) is 3.50. The van der Waals surface area contributed by atoms with Gasteiger partial charge in [0.1, 0.15) is 12.4 Å². The molecule has 1 N–H and O–H groups in total. The van der Waals surface area contributed by atoms with Crippen LogP contribution in [0.25, 0.3) is 16.8 Å². The van der Waals surface area contributed by atoms with Gasteiger partial charge in [-0.25, -0.2) is 4.52 Å². The SMILES string of the molecule is COc1cc2cc(c1)-c1cnn3ccc(nc13)OCC1CCC(=O)N1CCN2. The van der Waals surface area contributed by atoms with Gasteiger partial charge in [0.2, 0.25) is 11.8 Å². The standard InChI is InChI=1S/C20H21N5O3/c1-27-16-9-13-8-14(10-16)21-5-7-24-15(2-3-19(24)26)12-28-18-4-6-25-20(23-18)17(13)11-22-25/h4,6,8-11,15,21H,2-3,5,7,12H2,1H3. The maximum Gasteiger partial charge on any atom is 0.223 e. The second kappa shape index (κ2) is 6.70. The van der Waals surface area contributed by atoms with Gasteiger partial charge < -0.3 is 19.7 Å². The van der Waals surface area contributed by atoms with Crippen molar-refractivity contribution in [3.8, 4) is 22.8 Å². The van der Waals surface area contributed by atoms with Crippen LogP contribution in [0.2, 0.25) is 0 Å². The molecule has 0 radical (unpaired) electrons. The smallest absolute Gasteiger partial charge is 0.223 e. The van der Waals surface area contributed by atoms with Gasteiger partial charge in [0.05, 0.1) is 19.3 Å². The van der Waals surface area contributed by atoms with E-state index in [4.69, 9.17) is 9.47 Å². The molecule has 4 bridgehead atoms. The second-order valence-electron chi connectivity index (χ2n) is 7.06. The summed E-state index contributed by atoms with van der Waals surface area (Å²) in [5, 5.41) is 7.82. The Morgan fingerprint density at radius 3 is 3.14 bits per heavy atom. The molecule has 1 unspecified atom stereocenters. The molecule has 4 heterocycles. The summed E-state index contributed by atoms with van der Waals surface area (Å²) in [6.45, 7) is 1.73. The minimum Gasteiger partial charge on any atom is -0.497 e. The highest BCUT2D eigenvalue weighted by atomic mass is 16.5. The number of rotatable bonds is 1. The number of fused-ring (bicyclic) bond motifs is 5. The highest BCUT2D eigenvalue weighted by molar-refractivity contribution is 5.81. The van der Waals surface area contributed by atoms with Crippen molar-refractivity contribution in [1.29, 1.82) is 0 Å². The minimum absolute atomic E-state index is 0.0699. The summed E-state index contributed by atoms with van der Waals surface area (Å²) in [7, 11) is 1.65. The molecule has 1 saturated heterocycles. The predicted octanol–water partition coefficient (Wildman–Crippen LogP) is 2.20. The maximum atomic E-state index is 12.3. The van der Waals surface area contributed by atoms with Crippen molar-refractivity contribution < 1.29 is 14.3 Å². The third-order valence-corrected chi connectivity index (χ3v) is 5.35. The summed E-state index contributed by atoms with van der Waals surface area (Å²) in [6.07, 6.45) is 5.01. The van der Waals surface area contributed by atoms with E-state index in [0.717, 1.165) is 29.0 Å². The first-order valence-electron chi connectivity index (χ1n) is 9.41. The van der Waals surface area contributed by atoms with Crippen molar-refractivity contribution in [2.45, 2.75) is 18.9 Å². The molecule has 0 saturated carbocycles. The van der Waals surface area contributed by atoms with E-state index in [1.54, 1.807) is 23.9 Å². The van der Waals surface area contributed by atoms with Crippen LogP contribution in [0, 0.1) is 0 Å². The van der Waals surface area contributed by atoms with Crippen LogP contribution in [0.3, 0.4) is 0 Å². The van der Waals surface area contributed by atoms with Crippen LogP contribution in [0.1, 0.15) is 12.8 Å². The Bertz CT molecular complexity index is 1050. The molecule has 2 aliphatic heterocycles. The van der Waals surface area contributed by atoms with Gasteiger partial charge in [0.15, 0.2) is 5.65 Å². The number of carbonyl (C=O) groups is 1. The minimum atomic E-state index is 0.0699. The largest absolute Gasteiger partial charge is 0.497 e. The molecule has 8 heteroatoms. The van der Waals surface area contributed by atoms with E-state index in [-0.39, 0.29) is 11.9 Å². The summed E-state index contributed by atoms with van der Waals surface area (Å²) < 4.78 is 13.2. The third-order valence-electron chi connectivity index (χ3n) is 5.35. The Morgan fingerprint density at radius 1 is 1.32 bits per heavy atom. The van der Waals surface area contributed by atoms with Gasteiger partial charge in [-0.2, -0.15) is 10.1 Å².